The van der Waals surface area contributed by atoms with E-state index in [0.29, 0.717) is 25.5 Å². The Morgan fingerprint density at radius 3 is 2.69 bits per heavy atom. The molecule has 0 radical (unpaired) electrons. The molecule has 26 heavy (non-hydrogen) atoms. The smallest absolute Gasteiger partial charge is 0.150 e. The van der Waals surface area contributed by atoms with Crippen molar-refractivity contribution in [2.24, 2.45) is 0 Å². The molecule has 2 saturated heterocycles. The van der Waals surface area contributed by atoms with Crippen LogP contribution in [0, 0.1) is 0 Å². The van der Waals surface area contributed by atoms with Gasteiger partial charge >= 0.3 is 0 Å². The maximum atomic E-state index is 9.94. The van der Waals surface area contributed by atoms with Gasteiger partial charge in [-0.3, -0.25) is 4.90 Å². The van der Waals surface area contributed by atoms with Crippen molar-refractivity contribution in [2.75, 3.05) is 26.3 Å². The Kier molecular flexibility index (Phi) is 5.24. The van der Waals surface area contributed by atoms with E-state index in [-0.39, 0.29) is 5.54 Å². The maximum Gasteiger partial charge on any atom is 0.150 e. The highest BCUT2D eigenvalue weighted by molar-refractivity contribution is 5.31. The highest BCUT2D eigenvalue weighted by Crippen LogP contribution is 2.25. The molecule has 140 valence electrons. The number of ether oxygens (including phenoxy) is 1. The predicted octanol–water partition coefficient (Wildman–Crippen LogP) is 2.47. The second-order valence-electron chi connectivity index (χ2n) is 7.55. The van der Waals surface area contributed by atoms with E-state index in [1.54, 1.807) is 6.07 Å². The maximum absolute atomic E-state index is 9.94. The molecule has 0 atom stereocenters. The summed E-state index contributed by atoms with van der Waals surface area (Å²) in [5, 5.41) is 17.8. The summed E-state index contributed by atoms with van der Waals surface area (Å²) in [7, 11) is 0. The topological polar surface area (TPSA) is 70.8 Å². The van der Waals surface area contributed by atoms with E-state index in [4.69, 9.17) is 9.26 Å². The lowest BCUT2D eigenvalue weighted by atomic mass is 9.90. The molecule has 0 amide bonds. The summed E-state index contributed by atoms with van der Waals surface area (Å²) in [5.41, 5.74) is 1.72. The Morgan fingerprint density at radius 2 is 1.96 bits per heavy atom. The molecule has 2 aliphatic rings. The minimum absolute atomic E-state index is 0.137. The molecule has 6 heteroatoms. The molecule has 2 aromatic rings. The third-order valence-corrected chi connectivity index (χ3v) is 5.36. The van der Waals surface area contributed by atoms with Crippen molar-refractivity contribution >= 4 is 0 Å². The first kappa shape index (κ1) is 17.5. The van der Waals surface area contributed by atoms with Gasteiger partial charge in [0.1, 0.15) is 5.75 Å². The van der Waals surface area contributed by atoms with Crippen LogP contribution in [-0.4, -0.2) is 47.0 Å². The number of hydrogen-bond donors (Lipinski definition) is 2. The van der Waals surface area contributed by atoms with Crippen LogP contribution in [0.15, 0.2) is 34.9 Å². The Labute approximate surface area is 154 Å². The summed E-state index contributed by atoms with van der Waals surface area (Å²) < 4.78 is 11.0. The Bertz CT molecular complexity index is 721. The van der Waals surface area contributed by atoms with E-state index in [9.17, 15) is 5.11 Å². The fourth-order valence-electron chi connectivity index (χ4n) is 3.76. The molecule has 1 aromatic heterocycles. The Hall–Kier alpha value is -1.89. The van der Waals surface area contributed by atoms with E-state index < -0.39 is 0 Å². The third kappa shape index (κ3) is 4.09. The van der Waals surface area contributed by atoms with Crippen molar-refractivity contribution in [3.63, 3.8) is 0 Å². The average molecular weight is 357 g/mol. The van der Waals surface area contributed by atoms with Crippen LogP contribution in [-0.2, 0) is 24.2 Å². The molecule has 2 fully saturated rings. The molecule has 2 N–H and O–H groups in total. The molecule has 0 aliphatic carbocycles. The van der Waals surface area contributed by atoms with Gasteiger partial charge in [-0.2, -0.15) is 0 Å². The van der Waals surface area contributed by atoms with Crippen LogP contribution in [0.1, 0.15) is 36.3 Å². The van der Waals surface area contributed by atoms with Crippen LogP contribution >= 0.6 is 0 Å². The zero-order valence-corrected chi connectivity index (χ0v) is 15.1. The van der Waals surface area contributed by atoms with Crippen molar-refractivity contribution in [1.82, 2.24) is 15.4 Å². The number of hydrogen-bond acceptors (Lipinski definition) is 6. The van der Waals surface area contributed by atoms with E-state index in [1.165, 1.54) is 19.3 Å². The predicted molar refractivity (Wildman–Crippen MR) is 97.8 cm³/mol. The van der Waals surface area contributed by atoms with E-state index in [2.05, 4.69) is 21.4 Å². The second-order valence-corrected chi connectivity index (χ2v) is 7.55. The molecule has 2 aliphatic heterocycles. The molecular weight excluding hydrogens is 330 g/mol. The first-order valence-corrected chi connectivity index (χ1v) is 9.49. The molecule has 0 saturated carbocycles. The summed E-state index contributed by atoms with van der Waals surface area (Å²) in [6.07, 6.45) is 4.66. The Balaban J connectivity index is 1.35. The van der Waals surface area contributed by atoms with Gasteiger partial charge < -0.3 is 19.7 Å². The number of phenolic OH excluding ortho intramolecular Hbond substituents is 1. The normalized spacial score (nSPS) is 20.0. The van der Waals surface area contributed by atoms with Crippen LogP contribution in [0.5, 0.6) is 5.75 Å². The number of para-hydroxylation sites is 1. The van der Waals surface area contributed by atoms with Crippen LogP contribution in [0.4, 0.5) is 0 Å². The number of nitrogens with one attached hydrogen (secondary N) is 1. The molecule has 6 nitrogen and oxygen atoms in total. The van der Waals surface area contributed by atoms with Crippen molar-refractivity contribution < 1.29 is 14.4 Å². The molecule has 0 bridgehead atoms. The van der Waals surface area contributed by atoms with Gasteiger partial charge in [-0.25, -0.2) is 0 Å². The number of piperidine rings is 1. The summed E-state index contributed by atoms with van der Waals surface area (Å²) in [4.78, 5) is 2.44. The number of nitrogens with zero attached hydrogens (tertiary/aromatic N) is 2. The van der Waals surface area contributed by atoms with Gasteiger partial charge in [0.25, 0.3) is 0 Å². The third-order valence-electron chi connectivity index (χ3n) is 5.36. The number of phenols is 1. The minimum Gasteiger partial charge on any atom is -0.508 e. The highest BCUT2D eigenvalue weighted by Gasteiger charge is 2.39. The number of benzene rings is 1. The van der Waals surface area contributed by atoms with Gasteiger partial charge in [0.15, 0.2) is 5.76 Å². The summed E-state index contributed by atoms with van der Waals surface area (Å²) >= 11 is 0. The molecule has 4 rings (SSSR count). The lowest BCUT2D eigenvalue weighted by Gasteiger charge is -2.42. The number of aromatic nitrogens is 1. The Morgan fingerprint density at radius 1 is 1.15 bits per heavy atom. The first-order chi connectivity index (χ1) is 12.7. The largest absolute Gasteiger partial charge is 0.508 e. The van der Waals surface area contributed by atoms with Crippen LogP contribution in [0.25, 0.3) is 0 Å². The fourth-order valence-corrected chi connectivity index (χ4v) is 3.76. The standard InChI is InChI=1S/C20H27N3O3/c24-19-7-3-2-6-16(19)12-21-20(14-25-15-20)11-17-10-18(26-22-17)13-23-8-4-1-5-9-23/h2-3,6-7,10,21,24H,1,4-5,8-9,11-15H2. The minimum atomic E-state index is -0.137. The number of likely N-dealkylation sites (tertiary alicyclic amines) is 1. The summed E-state index contributed by atoms with van der Waals surface area (Å²) in [5.74, 6) is 1.26. The van der Waals surface area contributed by atoms with Gasteiger partial charge in [0.05, 0.1) is 31.0 Å². The number of aromatic hydroxyl groups is 1. The van der Waals surface area contributed by atoms with Gasteiger partial charge in [-0.15, -0.1) is 0 Å². The molecule has 1 aromatic carbocycles. The highest BCUT2D eigenvalue weighted by atomic mass is 16.5. The van der Waals surface area contributed by atoms with Gasteiger partial charge in [0, 0.05) is 24.6 Å². The SMILES string of the molecule is Oc1ccccc1CNC1(Cc2cc(CN3CCCCC3)on2)COC1. The first-order valence-electron chi connectivity index (χ1n) is 9.49. The number of rotatable bonds is 7. The van der Waals surface area contributed by atoms with Crippen molar-refractivity contribution in [2.45, 2.75) is 44.3 Å². The summed E-state index contributed by atoms with van der Waals surface area (Å²) in [6.45, 7) is 5.05. The lowest BCUT2D eigenvalue weighted by molar-refractivity contribution is -0.0756. The van der Waals surface area contributed by atoms with Crippen molar-refractivity contribution in [3.8, 4) is 5.75 Å². The summed E-state index contributed by atoms with van der Waals surface area (Å²) in [6, 6.07) is 9.50. The second kappa shape index (κ2) is 7.78. The van der Waals surface area contributed by atoms with Gasteiger partial charge in [-0.05, 0) is 32.0 Å². The monoisotopic (exact) mass is 357 g/mol. The van der Waals surface area contributed by atoms with Gasteiger partial charge in [0.2, 0.25) is 0 Å². The molecule has 0 unspecified atom stereocenters. The average Bonchev–Trinajstić information content (AvgIpc) is 3.06. The van der Waals surface area contributed by atoms with Gasteiger partial charge in [-0.1, -0.05) is 29.8 Å². The fraction of sp³-hybridized carbons (Fsp3) is 0.550. The quantitative estimate of drug-likeness (QED) is 0.793. The van der Waals surface area contributed by atoms with E-state index in [1.807, 2.05) is 18.2 Å². The van der Waals surface area contributed by atoms with Crippen LogP contribution in [0.3, 0.4) is 0 Å². The van der Waals surface area contributed by atoms with Crippen LogP contribution in [0.2, 0.25) is 0 Å². The molecule has 3 heterocycles. The zero-order chi connectivity index (χ0) is 17.8. The van der Waals surface area contributed by atoms with Crippen molar-refractivity contribution in [3.05, 3.63) is 47.3 Å². The molecular formula is C20H27N3O3. The van der Waals surface area contributed by atoms with Crippen molar-refractivity contribution in [1.29, 1.82) is 0 Å². The van der Waals surface area contributed by atoms with E-state index in [0.717, 1.165) is 43.1 Å². The lowest BCUT2D eigenvalue weighted by Crippen LogP contribution is -2.61. The molecule has 0 spiro atoms. The zero-order valence-electron chi connectivity index (χ0n) is 15.1. The van der Waals surface area contributed by atoms with Crippen LogP contribution < -0.4 is 5.32 Å². The van der Waals surface area contributed by atoms with E-state index >= 15 is 0 Å².